The Bertz CT molecular complexity index is 524. The van der Waals surface area contributed by atoms with Crippen molar-refractivity contribution in [2.75, 3.05) is 12.3 Å². The largest absolute Gasteiger partial charge is 0.494 e. The number of benzene rings is 1. The van der Waals surface area contributed by atoms with Crippen molar-refractivity contribution in [1.82, 2.24) is 4.98 Å². The molecule has 1 aromatic carbocycles. The lowest BCUT2D eigenvalue weighted by Crippen LogP contribution is -1.96. The fourth-order valence-electron chi connectivity index (χ4n) is 1.55. The Morgan fingerprint density at radius 2 is 1.83 bits per heavy atom. The van der Waals surface area contributed by atoms with Gasteiger partial charge < -0.3 is 15.2 Å². The van der Waals surface area contributed by atoms with Gasteiger partial charge in [-0.1, -0.05) is 0 Å². The third-order valence-corrected chi connectivity index (χ3v) is 2.36. The van der Waals surface area contributed by atoms with Crippen LogP contribution in [0.1, 0.15) is 12.5 Å². The summed E-state index contributed by atoms with van der Waals surface area (Å²) in [5.74, 6) is 1.92. The number of rotatable bonds is 4. The van der Waals surface area contributed by atoms with Gasteiger partial charge in [0, 0.05) is 6.20 Å². The zero-order chi connectivity index (χ0) is 13.0. The summed E-state index contributed by atoms with van der Waals surface area (Å²) in [4.78, 5) is 4.15. The number of ether oxygens (including phenoxy) is 2. The summed E-state index contributed by atoms with van der Waals surface area (Å²) in [5, 5.41) is 0. The first-order chi connectivity index (χ1) is 8.69. The third kappa shape index (κ3) is 2.91. The molecule has 1 heterocycles. The van der Waals surface area contributed by atoms with Gasteiger partial charge in [0.05, 0.1) is 12.3 Å². The highest BCUT2D eigenvalue weighted by atomic mass is 16.5. The Balaban J connectivity index is 2.13. The van der Waals surface area contributed by atoms with Crippen LogP contribution in [-0.2, 0) is 0 Å². The van der Waals surface area contributed by atoms with Crippen molar-refractivity contribution in [2.45, 2.75) is 13.8 Å². The molecule has 94 valence electrons. The highest BCUT2D eigenvalue weighted by Crippen LogP contribution is 2.26. The Morgan fingerprint density at radius 3 is 2.44 bits per heavy atom. The van der Waals surface area contributed by atoms with Crippen molar-refractivity contribution in [2.24, 2.45) is 0 Å². The number of pyridine rings is 1. The molecular formula is C14H16N2O2. The highest BCUT2D eigenvalue weighted by molar-refractivity contribution is 5.51. The average Bonchev–Trinajstić information content (AvgIpc) is 2.35. The minimum Gasteiger partial charge on any atom is -0.494 e. The van der Waals surface area contributed by atoms with Crippen molar-refractivity contribution >= 4 is 5.69 Å². The van der Waals surface area contributed by atoms with Crippen molar-refractivity contribution < 1.29 is 9.47 Å². The topological polar surface area (TPSA) is 57.4 Å². The molecule has 0 radical (unpaired) electrons. The van der Waals surface area contributed by atoms with E-state index in [2.05, 4.69) is 4.98 Å². The van der Waals surface area contributed by atoms with Crippen LogP contribution in [0.25, 0.3) is 0 Å². The molecule has 0 aliphatic heterocycles. The molecule has 0 aliphatic carbocycles. The van der Waals surface area contributed by atoms with Crippen LogP contribution in [-0.4, -0.2) is 11.6 Å². The SMILES string of the molecule is CCOc1ccc(Oc2ncc(C)cc2N)cc1. The smallest absolute Gasteiger partial charge is 0.242 e. The summed E-state index contributed by atoms with van der Waals surface area (Å²) in [7, 11) is 0. The predicted molar refractivity (Wildman–Crippen MR) is 71.1 cm³/mol. The number of aromatic nitrogens is 1. The lowest BCUT2D eigenvalue weighted by molar-refractivity contribution is 0.339. The molecule has 0 saturated carbocycles. The average molecular weight is 244 g/mol. The van der Waals surface area contributed by atoms with E-state index in [1.54, 1.807) is 6.20 Å². The first-order valence-electron chi connectivity index (χ1n) is 5.82. The molecule has 0 saturated heterocycles. The van der Waals surface area contributed by atoms with Crippen LogP contribution in [0, 0.1) is 6.92 Å². The molecule has 2 rings (SSSR count). The molecule has 0 atom stereocenters. The number of nitrogen functional groups attached to an aromatic ring is 1. The summed E-state index contributed by atoms with van der Waals surface area (Å²) in [5.41, 5.74) is 7.37. The zero-order valence-corrected chi connectivity index (χ0v) is 10.5. The monoisotopic (exact) mass is 244 g/mol. The molecule has 2 aromatic rings. The van der Waals surface area contributed by atoms with E-state index in [1.165, 1.54) is 0 Å². The van der Waals surface area contributed by atoms with E-state index < -0.39 is 0 Å². The van der Waals surface area contributed by atoms with Crippen molar-refractivity contribution in [3.63, 3.8) is 0 Å². The Kier molecular flexibility index (Phi) is 3.67. The van der Waals surface area contributed by atoms with Gasteiger partial charge in [-0.25, -0.2) is 4.98 Å². The van der Waals surface area contributed by atoms with Crippen LogP contribution in [0.15, 0.2) is 36.5 Å². The lowest BCUT2D eigenvalue weighted by atomic mass is 10.3. The second kappa shape index (κ2) is 5.40. The van der Waals surface area contributed by atoms with E-state index in [0.29, 0.717) is 23.9 Å². The molecule has 4 heteroatoms. The van der Waals surface area contributed by atoms with E-state index >= 15 is 0 Å². The van der Waals surface area contributed by atoms with E-state index in [1.807, 2.05) is 44.2 Å². The second-order valence-corrected chi connectivity index (χ2v) is 3.91. The number of hydrogen-bond acceptors (Lipinski definition) is 4. The van der Waals surface area contributed by atoms with Gasteiger partial charge in [-0.15, -0.1) is 0 Å². The van der Waals surface area contributed by atoms with Crippen molar-refractivity contribution in [1.29, 1.82) is 0 Å². The van der Waals surface area contributed by atoms with Gasteiger partial charge >= 0.3 is 0 Å². The Hall–Kier alpha value is -2.23. The molecule has 0 unspecified atom stereocenters. The number of hydrogen-bond donors (Lipinski definition) is 1. The second-order valence-electron chi connectivity index (χ2n) is 3.91. The number of anilines is 1. The summed E-state index contributed by atoms with van der Waals surface area (Å²) in [6.07, 6.45) is 1.72. The van der Waals surface area contributed by atoms with Crippen LogP contribution in [0.4, 0.5) is 5.69 Å². The van der Waals surface area contributed by atoms with E-state index in [9.17, 15) is 0 Å². The lowest BCUT2D eigenvalue weighted by Gasteiger charge is -2.08. The van der Waals surface area contributed by atoms with Crippen LogP contribution >= 0.6 is 0 Å². The highest BCUT2D eigenvalue weighted by Gasteiger charge is 2.04. The van der Waals surface area contributed by atoms with E-state index in [0.717, 1.165) is 11.3 Å². The summed E-state index contributed by atoms with van der Waals surface area (Å²) >= 11 is 0. The van der Waals surface area contributed by atoms with Gasteiger partial charge in [0.25, 0.3) is 0 Å². The van der Waals surface area contributed by atoms with Crippen molar-refractivity contribution in [3.8, 4) is 17.4 Å². The van der Waals surface area contributed by atoms with Gasteiger partial charge in [0.2, 0.25) is 5.88 Å². The fourth-order valence-corrected chi connectivity index (χ4v) is 1.55. The van der Waals surface area contributed by atoms with Gasteiger partial charge in [-0.2, -0.15) is 0 Å². The molecule has 1 aromatic heterocycles. The first kappa shape index (κ1) is 12.2. The molecule has 4 nitrogen and oxygen atoms in total. The van der Waals surface area contributed by atoms with Crippen LogP contribution in [0.2, 0.25) is 0 Å². The van der Waals surface area contributed by atoms with Gasteiger partial charge in [-0.05, 0) is 49.7 Å². The molecule has 0 bridgehead atoms. The standard InChI is InChI=1S/C14H16N2O2/c1-3-17-11-4-6-12(7-5-11)18-14-13(15)8-10(2)9-16-14/h4-9H,3,15H2,1-2H3. The zero-order valence-electron chi connectivity index (χ0n) is 10.5. The van der Waals surface area contributed by atoms with Crippen LogP contribution < -0.4 is 15.2 Å². The molecule has 2 N–H and O–H groups in total. The Labute approximate surface area is 106 Å². The van der Waals surface area contributed by atoms with Gasteiger partial charge in [0.1, 0.15) is 11.5 Å². The molecule has 0 aliphatic rings. The van der Waals surface area contributed by atoms with Gasteiger partial charge in [-0.3, -0.25) is 0 Å². The molecular weight excluding hydrogens is 228 g/mol. The normalized spacial score (nSPS) is 10.1. The number of aryl methyl sites for hydroxylation is 1. The van der Waals surface area contributed by atoms with Crippen LogP contribution in [0.5, 0.6) is 17.4 Å². The number of nitrogens with zero attached hydrogens (tertiary/aromatic N) is 1. The Morgan fingerprint density at radius 1 is 1.17 bits per heavy atom. The van der Waals surface area contributed by atoms with Crippen LogP contribution in [0.3, 0.4) is 0 Å². The molecule has 0 spiro atoms. The molecule has 18 heavy (non-hydrogen) atoms. The van der Waals surface area contributed by atoms with E-state index in [-0.39, 0.29) is 0 Å². The third-order valence-electron chi connectivity index (χ3n) is 2.36. The predicted octanol–water partition coefficient (Wildman–Crippen LogP) is 3.16. The van der Waals surface area contributed by atoms with E-state index in [4.69, 9.17) is 15.2 Å². The minimum atomic E-state index is 0.421. The quantitative estimate of drug-likeness (QED) is 0.897. The maximum Gasteiger partial charge on any atom is 0.242 e. The molecule has 0 amide bonds. The first-order valence-corrected chi connectivity index (χ1v) is 5.82. The van der Waals surface area contributed by atoms with Crippen molar-refractivity contribution in [3.05, 3.63) is 42.1 Å². The number of nitrogens with two attached hydrogens (primary N) is 1. The summed E-state index contributed by atoms with van der Waals surface area (Å²) in [6.45, 7) is 4.53. The fraction of sp³-hybridized carbons (Fsp3) is 0.214. The van der Waals surface area contributed by atoms with Gasteiger partial charge in [0.15, 0.2) is 0 Å². The minimum absolute atomic E-state index is 0.421. The summed E-state index contributed by atoms with van der Waals surface area (Å²) in [6, 6.07) is 9.18. The maximum atomic E-state index is 5.83. The summed E-state index contributed by atoms with van der Waals surface area (Å²) < 4.78 is 11.0. The molecule has 0 fully saturated rings. The maximum absolute atomic E-state index is 5.83.